The number of nitro benzene ring substituents is 1. The van der Waals surface area contributed by atoms with Gasteiger partial charge in [0.05, 0.1) is 11.5 Å². The van der Waals surface area contributed by atoms with E-state index in [-0.39, 0.29) is 11.4 Å². The van der Waals surface area contributed by atoms with Crippen molar-refractivity contribution in [3.05, 3.63) is 32.8 Å². The van der Waals surface area contributed by atoms with Gasteiger partial charge in [-0.05, 0) is 12.1 Å². The summed E-state index contributed by atoms with van der Waals surface area (Å²) in [4.78, 5) is 9.86. The molecule has 0 aliphatic rings. The Morgan fingerprint density at radius 3 is 2.67 bits per heavy atom. The van der Waals surface area contributed by atoms with E-state index < -0.39 is 20.6 Å². The monoisotopic (exact) mass is 381 g/mol. The number of nitrogens with one attached hydrogen (secondary N) is 2. The summed E-state index contributed by atoms with van der Waals surface area (Å²) in [5, 5.41) is 13.9. The molecule has 2 N–H and O–H groups in total. The maximum atomic E-state index is 12.1. The van der Waals surface area contributed by atoms with Gasteiger partial charge in [-0.2, -0.15) is 0 Å². The first-order valence-corrected chi connectivity index (χ1v) is 8.29. The highest BCUT2D eigenvalue weighted by atomic mass is 79.9. The van der Waals surface area contributed by atoms with E-state index in [1.807, 2.05) is 0 Å². The molecular weight excluding hydrogens is 366 g/mol. The minimum atomic E-state index is -3.93. The highest BCUT2D eigenvalue weighted by Gasteiger charge is 2.25. The fourth-order valence-electron chi connectivity index (χ4n) is 1.51. The van der Waals surface area contributed by atoms with Crippen LogP contribution in [-0.4, -0.2) is 46.7 Å². The average Bonchev–Trinajstić information content (AvgIpc) is 2.42. The second-order valence-corrected chi connectivity index (χ2v) is 6.66. The Kier molecular flexibility index (Phi) is 7.18. The lowest BCUT2D eigenvalue weighted by molar-refractivity contribution is -0.387. The highest BCUT2D eigenvalue weighted by Crippen LogP contribution is 2.27. The van der Waals surface area contributed by atoms with Gasteiger partial charge in [0.25, 0.3) is 5.69 Å². The van der Waals surface area contributed by atoms with Crippen molar-refractivity contribution in [2.75, 3.05) is 33.4 Å². The maximum absolute atomic E-state index is 12.1. The van der Waals surface area contributed by atoms with E-state index in [9.17, 15) is 18.5 Å². The first-order chi connectivity index (χ1) is 9.88. The van der Waals surface area contributed by atoms with Gasteiger partial charge in [0.2, 0.25) is 10.0 Å². The largest absolute Gasteiger partial charge is 0.383 e. The SMILES string of the molecule is COCCNCCNS(=O)(=O)c1ccc(Br)cc1[N+](=O)[O-]. The van der Waals surface area contributed by atoms with Crippen LogP contribution in [0.4, 0.5) is 5.69 Å². The Morgan fingerprint density at radius 1 is 1.33 bits per heavy atom. The van der Waals surface area contributed by atoms with E-state index in [4.69, 9.17) is 4.74 Å². The molecule has 0 fully saturated rings. The van der Waals surface area contributed by atoms with Crippen molar-refractivity contribution in [3.63, 3.8) is 0 Å². The highest BCUT2D eigenvalue weighted by molar-refractivity contribution is 9.10. The number of nitro groups is 1. The van der Waals surface area contributed by atoms with Crippen LogP contribution in [0.1, 0.15) is 0 Å². The molecule has 1 aromatic carbocycles. The summed E-state index contributed by atoms with van der Waals surface area (Å²) < 4.78 is 31.7. The molecule has 1 rings (SSSR count). The Morgan fingerprint density at radius 2 is 2.05 bits per heavy atom. The van der Waals surface area contributed by atoms with Crippen molar-refractivity contribution in [1.82, 2.24) is 10.0 Å². The average molecular weight is 382 g/mol. The number of rotatable bonds is 9. The first kappa shape index (κ1) is 18.0. The summed E-state index contributed by atoms with van der Waals surface area (Å²) in [5.74, 6) is 0. The van der Waals surface area contributed by atoms with Crippen molar-refractivity contribution in [3.8, 4) is 0 Å². The molecule has 0 radical (unpaired) electrons. The number of sulfonamides is 1. The number of ether oxygens (including phenoxy) is 1. The molecule has 0 unspecified atom stereocenters. The van der Waals surface area contributed by atoms with Crippen molar-refractivity contribution in [1.29, 1.82) is 0 Å². The van der Waals surface area contributed by atoms with E-state index in [1.165, 1.54) is 12.1 Å². The lowest BCUT2D eigenvalue weighted by Gasteiger charge is -2.08. The van der Waals surface area contributed by atoms with E-state index in [0.29, 0.717) is 24.2 Å². The van der Waals surface area contributed by atoms with Crippen molar-refractivity contribution < 1.29 is 18.1 Å². The quantitative estimate of drug-likeness (QED) is 0.373. The van der Waals surface area contributed by atoms with Crippen LogP contribution in [0.5, 0.6) is 0 Å². The number of hydrogen-bond acceptors (Lipinski definition) is 6. The third-order valence-corrected chi connectivity index (χ3v) is 4.49. The zero-order valence-electron chi connectivity index (χ0n) is 11.3. The topological polar surface area (TPSA) is 111 Å². The standard InChI is InChI=1S/C11H16BrN3O5S/c1-20-7-6-13-4-5-14-21(18,19)11-3-2-9(12)8-10(11)15(16)17/h2-3,8,13-14H,4-7H2,1H3. The van der Waals surface area contributed by atoms with Gasteiger partial charge in [0.15, 0.2) is 4.90 Å². The van der Waals surface area contributed by atoms with Crippen LogP contribution in [0, 0.1) is 10.1 Å². The normalized spacial score (nSPS) is 11.5. The molecule has 0 aliphatic carbocycles. The van der Waals surface area contributed by atoms with Crippen LogP contribution in [0.15, 0.2) is 27.6 Å². The smallest absolute Gasteiger partial charge is 0.290 e. The van der Waals surface area contributed by atoms with Crippen LogP contribution in [0.3, 0.4) is 0 Å². The van der Waals surface area contributed by atoms with Gasteiger partial charge in [-0.15, -0.1) is 0 Å². The molecule has 0 saturated carbocycles. The fourth-order valence-corrected chi connectivity index (χ4v) is 3.04. The molecule has 21 heavy (non-hydrogen) atoms. The number of halogens is 1. The van der Waals surface area contributed by atoms with Crippen LogP contribution in [0.2, 0.25) is 0 Å². The van der Waals surface area contributed by atoms with E-state index in [0.717, 1.165) is 6.07 Å². The first-order valence-electron chi connectivity index (χ1n) is 6.01. The summed E-state index contributed by atoms with van der Waals surface area (Å²) in [7, 11) is -2.36. The Hall–Kier alpha value is -1.07. The molecule has 0 spiro atoms. The summed E-state index contributed by atoms with van der Waals surface area (Å²) in [5.41, 5.74) is -0.468. The van der Waals surface area contributed by atoms with E-state index >= 15 is 0 Å². The molecular formula is C11H16BrN3O5S. The Bertz CT molecular complexity index is 594. The van der Waals surface area contributed by atoms with Gasteiger partial charge in [0, 0.05) is 37.3 Å². The zero-order chi connectivity index (χ0) is 15.9. The van der Waals surface area contributed by atoms with Crippen LogP contribution >= 0.6 is 15.9 Å². The molecule has 8 nitrogen and oxygen atoms in total. The fraction of sp³-hybridized carbons (Fsp3) is 0.455. The van der Waals surface area contributed by atoms with Gasteiger partial charge in [-0.3, -0.25) is 10.1 Å². The molecule has 1 aromatic rings. The van der Waals surface area contributed by atoms with Gasteiger partial charge in [-0.1, -0.05) is 15.9 Å². The third-order valence-electron chi connectivity index (χ3n) is 2.48. The molecule has 0 amide bonds. The van der Waals surface area contributed by atoms with Gasteiger partial charge < -0.3 is 10.1 Å². The Balaban J connectivity index is 2.72. The number of hydrogen-bond donors (Lipinski definition) is 2. The predicted octanol–water partition coefficient (Wildman–Crippen LogP) is 0.872. The number of nitrogens with zero attached hydrogens (tertiary/aromatic N) is 1. The Labute approximate surface area is 131 Å². The van der Waals surface area contributed by atoms with E-state index in [1.54, 1.807) is 7.11 Å². The third kappa shape index (κ3) is 5.67. The molecule has 0 bridgehead atoms. The molecule has 0 heterocycles. The summed E-state index contributed by atoms with van der Waals surface area (Å²) in [6.45, 7) is 1.63. The van der Waals surface area contributed by atoms with Gasteiger partial charge in [-0.25, -0.2) is 13.1 Å². The molecule has 0 saturated heterocycles. The molecule has 10 heteroatoms. The molecule has 0 aromatic heterocycles. The van der Waals surface area contributed by atoms with Gasteiger partial charge in [0.1, 0.15) is 0 Å². The predicted molar refractivity (Wildman–Crippen MR) is 80.7 cm³/mol. The number of benzene rings is 1. The van der Waals surface area contributed by atoms with E-state index in [2.05, 4.69) is 26.0 Å². The van der Waals surface area contributed by atoms with Crippen LogP contribution < -0.4 is 10.0 Å². The summed E-state index contributed by atoms with van der Waals surface area (Å²) in [6.07, 6.45) is 0. The van der Waals surface area contributed by atoms with Crippen molar-refractivity contribution in [2.45, 2.75) is 4.90 Å². The lowest BCUT2D eigenvalue weighted by atomic mass is 10.3. The molecule has 118 valence electrons. The second kappa shape index (κ2) is 8.39. The van der Waals surface area contributed by atoms with Gasteiger partial charge >= 0.3 is 0 Å². The number of methoxy groups -OCH3 is 1. The summed E-state index contributed by atoms with van der Waals surface area (Å²) >= 11 is 3.08. The van der Waals surface area contributed by atoms with Crippen molar-refractivity contribution >= 4 is 31.6 Å². The van der Waals surface area contributed by atoms with Crippen LogP contribution in [-0.2, 0) is 14.8 Å². The zero-order valence-corrected chi connectivity index (χ0v) is 13.7. The van der Waals surface area contributed by atoms with Crippen molar-refractivity contribution in [2.24, 2.45) is 0 Å². The minimum Gasteiger partial charge on any atom is -0.383 e. The molecule has 0 aliphatic heterocycles. The van der Waals surface area contributed by atoms with Crippen LogP contribution in [0.25, 0.3) is 0 Å². The lowest BCUT2D eigenvalue weighted by Crippen LogP contribution is -2.33. The minimum absolute atomic E-state index is 0.124. The molecule has 0 atom stereocenters. The summed E-state index contributed by atoms with van der Waals surface area (Å²) in [6, 6.07) is 3.80. The second-order valence-electron chi connectivity index (χ2n) is 4.01. The maximum Gasteiger partial charge on any atom is 0.290 e.